The molecule has 2 heterocycles. The van der Waals surface area contributed by atoms with Crippen LogP contribution < -0.4 is 10.2 Å². The second kappa shape index (κ2) is 8.51. The van der Waals surface area contributed by atoms with E-state index in [1.807, 2.05) is 30.3 Å². The molecule has 1 amide bonds. The first-order valence-corrected chi connectivity index (χ1v) is 10.3. The molecular formula is C22H28N4O. The fourth-order valence-electron chi connectivity index (χ4n) is 4.10. The van der Waals surface area contributed by atoms with Crippen molar-refractivity contribution >= 4 is 17.4 Å². The molecule has 27 heavy (non-hydrogen) atoms. The molecule has 1 saturated heterocycles. The van der Waals surface area contributed by atoms with Gasteiger partial charge in [-0.3, -0.25) is 4.79 Å². The highest BCUT2D eigenvalue weighted by atomic mass is 16.1. The molecule has 0 bridgehead atoms. The molecule has 0 spiro atoms. The first kappa shape index (κ1) is 18.0. The van der Waals surface area contributed by atoms with E-state index in [4.69, 9.17) is 0 Å². The lowest BCUT2D eigenvalue weighted by molar-refractivity contribution is -0.120. The van der Waals surface area contributed by atoms with Gasteiger partial charge in [0.2, 0.25) is 5.91 Å². The lowest BCUT2D eigenvalue weighted by Gasteiger charge is -2.27. The third kappa shape index (κ3) is 4.46. The molecule has 4 rings (SSSR count). The van der Waals surface area contributed by atoms with E-state index in [0.717, 1.165) is 48.7 Å². The van der Waals surface area contributed by atoms with Crippen LogP contribution in [0.15, 0.2) is 36.4 Å². The number of anilines is 2. The molecule has 1 aromatic carbocycles. The Morgan fingerprint density at radius 1 is 0.852 bits per heavy atom. The maximum atomic E-state index is 12.4. The third-order valence-corrected chi connectivity index (χ3v) is 5.75. The maximum absolute atomic E-state index is 12.4. The predicted molar refractivity (Wildman–Crippen MR) is 109 cm³/mol. The Labute approximate surface area is 161 Å². The quantitative estimate of drug-likeness (QED) is 0.858. The van der Waals surface area contributed by atoms with Crippen molar-refractivity contribution in [3.8, 4) is 11.3 Å². The van der Waals surface area contributed by atoms with Crippen molar-refractivity contribution in [1.82, 2.24) is 10.2 Å². The van der Waals surface area contributed by atoms with Crippen LogP contribution in [-0.2, 0) is 4.79 Å². The molecule has 1 N–H and O–H groups in total. The first-order valence-electron chi connectivity index (χ1n) is 10.3. The normalized spacial score (nSPS) is 18.3. The summed E-state index contributed by atoms with van der Waals surface area (Å²) in [6, 6.07) is 12.0. The van der Waals surface area contributed by atoms with Gasteiger partial charge in [0.1, 0.15) is 0 Å². The highest BCUT2D eigenvalue weighted by Gasteiger charge is 2.21. The molecule has 2 aromatic rings. The number of hydrogen-bond donors (Lipinski definition) is 1. The summed E-state index contributed by atoms with van der Waals surface area (Å²) in [5.74, 6) is 1.30. The Bertz CT molecular complexity index is 745. The summed E-state index contributed by atoms with van der Waals surface area (Å²) in [6.45, 7) is 2.15. The average molecular weight is 364 g/mol. The largest absolute Gasteiger partial charge is 0.355 e. The third-order valence-electron chi connectivity index (χ3n) is 5.75. The van der Waals surface area contributed by atoms with Crippen molar-refractivity contribution in [2.75, 3.05) is 23.3 Å². The van der Waals surface area contributed by atoms with Gasteiger partial charge in [0.05, 0.1) is 5.69 Å². The van der Waals surface area contributed by atoms with E-state index in [9.17, 15) is 4.79 Å². The average Bonchev–Trinajstić information content (AvgIpc) is 2.76. The SMILES string of the molecule is O=C(Nc1ccc(-c2ccc(N3CCCCC3)nn2)cc1)C1CCCCC1. The van der Waals surface area contributed by atoms with E-state index in [1.165, 1.54) is 38.5 Å². The Hall–Kier alpha value is -2.43. The van der Waals surface area contributed by atoms with E-state index >= 15 is 0 Å². The van der Waals surface area contributed by atoms with Crippen molar-refractivity contribution in [3.05, 3.63) is 36.4 Å². The molecule has 2 fully saturated rings. The number of nitrogens with zero attached hydrogens (tertiary/aromatic N) is 3. The predicted octanol–water partition coefficient (Wildman–Crippen LogP) is 4.65. The molecule has 2 aliphatic rings. The molecule has 5 heteroatoms. The number of rotatable bonds is 4. The van der Waals surface area contributed by atoms with Crippen LogP contribution in [0.3, 0.4) is 0 Å². The van der Waals surface area contributed by atoms with E-state index < -0.39 is 0 Å². The number of carbonyl (C=O) groups is 1. The smallest absolute Gasteiger partial charge is 0.227 e. The number of aromatic nitrogens is 2. The molecule has 1 aliphatic carbocycles. The van der Waals surface area contributed by atoms with Gasteiger partial charge in [-0.1, -0.05) is 31.4 Å². The summed E-state index contributed by atoms with van der Waals surface area (Å²) in [6.07, 6.45) is 9.41. The zero-order chi connectivity index (χ0) is 18.5. The Morgan fingerprint density at radius 2 is 1.56 bits per heavy atom. The fraction of sp³-hybridized carbons (Fsp3) is 0.500. The summed E-state index contributed by atoms with van der Waals surface area (Å²) in [5.41, 5.74) is 2.73. The van der Waals surface area contributed by atoms with Gasteiger partial charge < -0.3 is 10.2 Å². The molecule has 0 atom stereocenters. The van der Waals surface area contributed by atoms with Gasteiger partial charge in [0.25, 0.3) is 0 Å². The molecule has 5 nitrogen and oxygen atoms in total. The van der Waals surface area contributed by atoms with E-state index in [2.05, 4.69) is 26.5 Å². The van der Waals surface area contributed by atoms with Crippen LogP contribution in [-0.4, -0.2) is 29.2 Å². The van der Waals surface area contributed by atoms with Crippen LogP contribution in [0, 0.1) is 5.92 Å². The van der Waals surface area contributed by atoms with Crippen LogP contribution in [0.5, 0.6) is 0 Å². The fourth-order valence-corrected chi connectivity index (χ4v) is 4.10. The van der Waals surface area contributed by atoms with Crippen molar-refractivity contribution in [3.63, 3.8) is 0 Å². The highest BCUT2D eigenvalue weighted by Crippen LogP contribution is 2.26. The monoisotopic (exact) mass is 364 g/mol. The van der Waals surface area contributed by atoms with E-state index in [-0.39, 0.29) is 11.8 Å². The molecule has 0 unspecified atom stereocenters. The maximum Gasteiger partial charge on any atom is 0.227 e. The van der Waals surface area contributed by atoms with Crippen LogP contribution in [0.2, 0.25) is 0 Å². The van der Waals surface area contributed by atoms with E-state index in [1.54, 1.807) is 0 Å². The molecule has 1 aromatic heterocycles. The van der Waals surface area contributed by atoms with Crippen molar-refractivity contribution in [2.45, 2.75) is 51.4 Å². The molecular weight excluding hydrogens is 336 g/mol. The number of carbonyl (C=O) groups excluding carboxylic acids is 1. The number of hydrogen-bond acceptors (Lipinski definition) is 4. The van der Waals surface area contributed by atoms with Crippen molar-refractivity contribution in [1.29, 1.82) is 0 Å². The molecule has 1 saturated carbocycles. The minimum absolute atomic E-state index is 0.160. The van der Waals surface area contributed by atoms with Crippen LogP contribution in [0.25, 0.3) is 11.3 Å². The summed E-state index contributed by atoms with van der Waals surface area (Å²) in [4.78, 5) is 14.7. The second-order valence-electron chi connectivity index (χ2n) is 7.73. The molecule has 142 valence electrons. The Kier molecular flexibility index (Phi) is 5.66. The van der Waals surface area contributed by atoms with Gasteiger partial charge in [-0.05, 0) is 56.4 Å². The topological polar surface area (TPSA) is 58.1 Å². The minimum Gasteiger partial charge on any atom is -0.355 e. The lowest BCUT2D eigenvalue weighted by Crippen LogP contribution is -2.30. The number of nitrogens with one attached hydrogen (secondary N) is 1. The van der Waals surface area contributed by atoms with Gasteiger partial charge in [-0.15, -0.1) is 10.2 Å². The minimum atomic E-state index is 0.160. The zero-order valence-corrected chi connectivity index (χ0v) is 15.9. The van der Waals surface area contributed by atoms with Crippen LogP contribution in [0.1, 0.15) is 51.4 Å². The van der Waals surface area contributed by atoms with Crippen LogP contribution >= 0.6 is 0 Å². The zero-order valence-electron chi connectivity index (χ0n) is 15.9. The highest BCUT2D eigenvalue weighted by molar-refractivity contribution is 5.92. The number of benzene rings is 1. The van der Waals surface area contributed by atoms with Crippen molar-refractivity contribution in [2.24, 2.45) is 5.92 Å². The summed E-state index contributed by atoms with van der Waals surface area (Å²) in [7, 11) is 0. The standard InChI is InChI=1S/C22H28N4O/c27-22(18-7-3-1-4-8-18)23-19-11-9-17(10-12-19)20-13-14-21(25-24-20)26-15-5-2-6-16-26/h9-14,18H,1-8,15-16H2,(H,23,27). The second-order valence-corrected chi connectivity index (χ2v) is 7.73. The summed E-state index contributed by atoms with van der Waals surface area (Å²) in [5, 5.41) is 11.9. The van der Waals surface area contributed by atoms with Crippen molar-refractivity contribution < 1.29 is 4.79 Å². The van der Waals surface area contributed by atoms with Gasteiger partial charge in [0.15, 0.2) is 5.82 Å². The number of piperidine rings is 1. The van der Waals surface area contributed by atoms with Gasteiger partial charge in [0, 0.05) is 30.3 Å². The van der Waals surface area contributed by atoms with E-state index in [0.29, 0.717) is 0 Å². The van der Waals surface area contributed by atoms with Gasteiger partial charge >= 0.3 is 0 Å². The number of amides is 1. The Balaban J connectivity index is 1.38. The summed E-state index contributed by atoms with van der Waals surface area (Å²) >= 11 is 0. The lowest BCUT2D eigenvalue weighted by atomic mass is 9.88. The van der Waals surface area contributed by atoms with Crippen LogP contribution in [0.4, 0.5) is 11.5 Å². The van der Waals surface area contributed by atoms with Gasteiger partial charge in [-0.2, -0.15) is 0 Å². The Morgan fingerprint density at radius 3 is 2.22 bits per heavy atom. The first-order chi connectivity index (χ1) is 13.3. The molecule has 1 aliphatic heterocycles. The summed E-state index contributed by atoms with van der Waals surface area (Å²) < 4.78 is 0. The van der Waals surface area contributed by atoms with Gasteiger partial charge in [-0.25, -0.2) is 0 Å². The molecule has 0 radical (unpaired) electrons.